The van der Waals surface area contributed by atoms with Crippen LogP contribution in [0.2, 0.25) is 0 Å². The van der Waals surface area contributed by atoms with Crippen molar-refractivity contribution in [2.75, 3.05) is 25.0 Å². The molecule has 0 spiro atoms. The number of ketones is 1. The van der Waals surface area contributed by atoms with Gasteiger partial charge in [-0.05, 0) is 31.7 Å². The minimum Gasteiger partial charge on any atom is -0.316 e. The highest BCUT2D eigenvalue weighted by molar-refractivity contribution is 6.52. The predicted molar refractivity (Wildman–Crippen MR) is 70.9 cm³/mol. The number of rotatable bonds is 4. The number of Topliss-reactive ketones (excluding diaryl/α,β-unsaturated/α-hetero) is 1. The summed E-state index contributed by atoms with van der Waals surface area (Å²) in [6.07, 6.45) is 0. The van der Waals surface area contributed by atoms with E-state index < -0.39 is 11.7 Å². The molecular formula is C14H16N2O2. The van der Waals surface area contributed by atoms with Crippen LogP contribution in [0.1, 0.15) is 15.9 Å². The average molecular weight is 244 g/mol. The lowest BCUT2D eigenvalue weighted by Gasteiger charge is -2.17. The van der Waals surface area contributed by atoms with Crippen molar-refractivity contribution in [3.8, 4) is 0 Å². The SMILES string of the molecule is C=C(CNC)CN1C(=O)C(=O)c2cc(C)ccc21. The van der Waals surface area contributed by atoms with Gasteiger partial charge >= 0.3 is 0 Å². The Balaban J connectivity index is 2.31. The van der Waals surface area contributed by atoms with Crippen molar-refractivity contribution >= 4 is 17.4 Å². The lowest BCUT2D eigenvalue weighted by atomic mass is 10.1. The van der Waals surface area contributed by atoms with Crippen molar-refractivity contribution in [3.63, 3.8) is 0 Å². The van der Waals surface area contributed by atoms with E-state index in [1.807, 2.05) is 26.1 Å². The lowest BCUT2D eigenvalue weighted by molar-refractivity contribution is -0.114. The molecule has 0 unspecified atom stereocenters. The van der Waals surface area contributed by atoms with Gasteiger partial charge in [0.2, 0.25) is 0 Å². The molecule has 94 valence electrons. The summed E-state index contributed by atoms with van der Waals surface area (Å²) in [6, 6.07) is 5.48. The van der Waals surface area contributed by atoms with Gasteiger partial charge in [0.1, 0.15) is 0 Å². The summed E-state index contributed by atoms with van der Waals surface area (Å²) in [7, 11) is 1.82. The van der Waals surface area contributed by atoms with Crippen molar-refractivity contribution in [3.05, 3.63) is 41.5 Å². The number of hydrogen-bond donors (Lipinski definition) is 1. The number of carbonyl (C=O) groups excluding carboxylic acids is 2. The second-order valence-corrected chi connectivity index (χ2v) is 4.52. The van der Waals surface area contributed by atoms with E-state index in [0.29, 0.717) is 24.3 Å². The van der Waals surface area contributed by atoms with Gasteiger partial charge in [-0.3, -0.25) is 9.59 Å². The first-order chi connectivity index (χ1) is 8.54. The monoisotopic (exact) mass is 244 g/mol. The molecule has 0 atom stereocenters. The molecule has 18 heavy (non-hydrogen) atoms. The summed E-state index contributed by atoms with van der Waals surface area (Å²) < 4.78 is 0. The molecule has 1 aliphatic heterocycles. The number of likely N-dealkylation sites (N-methyl/N-ethyl adjacent to an activating group) is 1. The molecule has 0 saturated carbocycles. The Bertz CT molecular complexity index is 535. The van der Waals surface area contributed by atoms with Crippen LogP contribution in [0.4, 0.5) is 5.69 Å². The van der Waals surface area contributed by atoms with Gasteiger partial charge in [-0.1, -0.05) is 18.2 Å². The minimum atomic E-state index is -0.465. The second-order valence-electron chi connectivity index (χ2n) is 4.52. The van der Waals surface area contributed by atoms with E-state index in [4.69, 9.17) is 0 Å². The average Bonchev–Trinajstić information content (AvgIpc) is 2.55. The number of carbonyl (C=O) groups is 2. The molecule has 0 aromatic heterocycles. The van der Waals surface area contributed by atoms with Crippen molar-refractivity contribution in [1.29, 1.82) is 0 Å². The maximum atomic E-state index is 11.9. The van der Waals surface area contributed by atoms with Crippen LogP contribution >= 0.6 is 0 Å². The molecule has 1 aromatic carbocycles. The van der Waals surface area contributed by atoms with E-state index in [9.17, 15) is 9.59 Å². The number of amides is 1. The maximum Gasteiger partial charge on any atom is 0.299 e. The van der Waals surface area contributed by atoms with Crippen LogP contribution in [0.15, 0.2) is 30.4 Å². The van der Waals surface area contributed by atoms with Crippen molar-refractivity contribution < 1.29 is 9.59 Å². The highest BCUT2D eigenvalue weighted by Gasteiger charge is 2.35. The Kier molecular flexibility index (Phi) is 3.30. The van der Waals surface area contributed by atoms with Gasteiger partial charge in [-0.15, -0.1) is 0 Å². The number of fused-ring (bicyclic) bond motifs is 1. The minimum absolute atomic E-state index is 0.376. The molecule has 0 bridgehead atoms. The third-order valence-corrected chi connectivity index (χ3v) is 2.94. The van der Waals surface area contributed by atoms with Gasteiger partial charge in [0.25, 0.3) is 11.7 Å². The number of hydrogen-bond acceptors (Lipinski definition) is 3. The molecule has 4 heteroatoms. The largest absolute Gasteiger partial charge is 0.316 e. The molecule has 1 aliphatic rings. The van der Waals surface area contributed by atoms with E-state index in [1.165, 1.54) is 4.90 Å². The van der Waals surface area contributed by atoms with Crippen LogP contribution in [-0.2, 0) is 4.79 Å². The molecule has 0 saturated heterocycles. The van der Waals surface area contributed by atoms with Crippen LogP contribution < -0.4 is 10.2 Å². The molecule has 0 fully saturated rings. The fraction of sp³-hybridized carbons (Fsp3) is 0.286. The number of anilines is 1. The zero-order chi connectivity index (χ0) is 13.3. The lowest BCUT2D eigenvalue weighted by Crippen LogP contribution is -2.33. The summed E-state index contributed by atoms with van der Waals surface area (Å²) in [5.41, 5.74) is 3.03. The first-order valence-corrected chi connectivity index (χ1v) is 5.82. The first kappa shape index (κ1) is 12.5. The van der Waals surface area contributed by atoms with Gasteiger partial charge in [-0.2, -0.15) is 0 Å². The molecule has 0 aliphatic carbocycles. The van der Waals surface area contributed by atoms with Crippen LogP contribution in [0.3, 0.4) is 0 Å². The Morgan fingerprint density at radius 3 is 2.78 bits per heavy atom. The molecule has 1 heterocycles. The van der Waals surface area contributed by atoms with Crippen LogP contribution in [0.25, 0.3) is 0 Å². The molecule has 1 amide bonds. The molecule has 2 rings (SSSR count). The van der Waals surface area contributed by atoms with Gasteiger partial charge in [0.05, 0.1) is 11.3 Å². The van der Waals surface area contributed by atoms with Crippen molar-refractivity contribution in [2.24, 2.45) is 0 Å². The molecule has 1 N–H and O–H groups in total. The van der Waals surface area contributed by atoms with Gasteiger partial charge in [0, 0.05) is 13.1 Å². The van der Waals surface area contributed by atoms with Crippen LogP contribution in [-0.4, -0.2) is 31.8 Å². The van der Waals surface area contributed by atoms with Gasteiger partial charge in [-0.25, -0.2) is 0 Å². The summed E-state index contributed by atoms with van der Waals surface area (Å²) >= 11 is 0. The quantitative estimate of drug-likeness (QED) is 0.641. The Morgan fingerprint density at radius 2 is 2.11 bits per heavy atom. The summed E-state index contributed by atoms with van der Waals surface area (Å²) in [5.74, 6) is -0.890. The molecule has 1 aromatic rings. The zero-order valence-electron chi connectivity index (χ0n) is 10.6. The normalized spacial score (nSPS) is 14.0. The molecular weight excluding hydrogens is 228 g/mol. The first-order valence-electron chi connectivity index (χ1n) is 5.82. The maximum absolute atomic E-state index is 11.9. The van der Waals surface area contributed by atoms with E-state index in [1.54, 1.807) is 6.07 Å². The molecule has 0 radical (unpaired) electrons. The van der Waals surface area contributed by atoms with E-state index in [0.717, 1.165) is 11.1 Å². The predicted octanol–water partition coefficient (Wildman–Crippen LogP) is 1.30. The Hall–Kier alpha value is -1.94. The van der Waals surface area contributed by atoms with Gasteiger partial charge < -0.3 is 10.2 Å². The Morgan fingerprint density at radius 1 is 1.39 bits per heavy atom. The number of nitrogens with one attached hydrogen (secondary N) is 1. The smallest absolute Gasteiger partial charge is 0.299 e. The fourth-order valence-electron chi connectivity index (χ4n) is 2.10. The third-order valence-electron chi connectivity index (χ3n) is 2.94. The second kappa shape index (κ2) is 4.74. The number of nitrogens with zero attached hydrogens (tertiary/aromatic N) is 1. The number of aryl methyl sites for hydroxylation is 1. The fourth-order valence-corrected chi connectivity index (χ4v) is 2.10. The van der Waals surface area contributed by atoms with Crippen molar-refractivity contribution in [2.45, 2.75) is 6.92 Å². The molecule has 4 nitrogen and oxygen atoms in total. The summed E-state index contributed by atoms with van der Waals surface area (Å²) in [4.78, 5) is 25.3. The summed E-state index contributed by atoms with van der Waals surface area (Å²) in [5, 5.41) is 2.98. The summed E-state index contributed by atoms with van der Waals surface area (Å²) in [6.45, 7) is 6.79. The third kappa shape index (κ3) is 2.07. The van der Waals surface area contributed by atoms with E-state index in [2.05, 4.69) is 11.9 Å². The van der Waals surface area contributed by atoms with Crippen LogP contribution in [0, 0.1) is 6.92 Å². The van der Waals surface area contributed by atoms with Gasteiger partial charge in [0.15, 0.2) is 0 Å². The van der Waals surface area contributed by atoms with E-state index in [-0.39, 0.29) is 0 Å². The Labute approximate surface area is 106 Å². The van der Waals surface area contributed by atoms with Crippen molar-refractivity contribution in [1.82, 2.24) is 5.32 Å². The highest BCUT2D eigenvalue weighted by atomic mass is 16.2. The highest BCUT2D eigenvalue weighted by Crippen LogP contribution is 2.29. The zero-order valence-corrected chi connectivity index (χ0v) is 10.6. The topological polar surface area (TPSA) is 49.4 Å². The van der Waals surface area contributed by atoms with E-state index >= 15 is 0 Å². The standard InChI is InChI=1S/C14H16N2O2/c1-9-4-5-12-11(6-9)13(17)14(18)16(12)8-10(2)7-15-3/h4-6,15H,2,7-8H2,1,3H3. The number of benzene rings is 1. The van der Waals surface area contributed by atoms with Crippen LogP contribution in [0.5, 0.6) is 0 Å².